The lowest BCUT2D eigenvalue weighted by Gasteiger charge is -2.40. The van der Waals surface area contributed by atoms with Gasteiger partial charge in [0.25, 0.3) is 0 Å². The molecule has 2 rings (SSSR count). The fourth-order valence-electron chi connectivity index (χ4n) is 2.73. The molecule has 3 heteroatoms. The minimum absolute atomic E-state index is 0.0320. The summed E-state index contributed by atoms with van der Waals surface area (Å²) in [4.78, 5) is 1.48. The summed E-state index contributed by atoms with van der Waals surface area (Å²) in [7, 11) is 2.06. The molecule has 1 aliphatic rings. The summed E-state index contributed by atoms with van der Waals surface area (Å²) in [6, 6.07) is 4.82. The number of hydrogen-bond donors (Lipinski definition) is 1. The maximum atomic E-state index is 6.03. The Morgan fingerprint density at radius 2 is 2.41 bits per heavy atom. The molecule has 0 spiro atoms. The average Bonchev–Trinajstić information content (AvgIpc) is 2.83. The third-order valence-corrected chi connectivity index (χ3v) is 4.78. The van der Waals surface area contributed by atoms with Gasteiger partial charge in [-0.2, -0.15) is 0 Å². The number of hydrogen-bond acceptors (Lipinski definition) is 3. The predicted octanol–water partition coefficient (Wildman–Crippen LogP) is 3.23. The number of aryl methyl sites for hydroxylation is 1. The molecule has 2 atom stereocenters. The summed E-state index contributed by atoms with van der Waals surface area (Å²) >= 11 is 1.85. The smallest absolute Gasteiger partial charge is 0.0806 e. The first-order valence-electron chi connectivity index (χ1n) is 6.58. The van der Waals surface area contributed by atoms with E-state index in [9.17, 15) is 0 Å². The molecular weight excluding hydrogens is 230 g/mol. The number of thiophene rings is 1. The van der Waals surface area contributed by atoms with Gasteiger partial charge in [-0.25, -0.2) is 0 Å². The molecular formula is C14H23NOS. The van der Waals surface area contributed by atoms with Crippen molar-refractivity contribution < 1.29 is 4.74 Å². The van der Waals surface area contributed by atoms with E-state index < -0.39 is 0 Å². The fraction of sp³-hybridized carbons (Fsp3) is 0.714. The molecule has 1 aromatic heterocycles. The molecule has 1 aliphatic heterocycles. The van der Waals surface area contributed by atoms with Crippen LogP contribution >= 0.6 is 11.3 Å². The number of nitrogens with one attached hydrogen (secondary N) is 1. The molecule has 1 N–H and O–H groups in total. The van der Waals surface area contributed by atoms with Crippen molar-refractivity contribution in [1.29, 1.82) is 0 Å². The van der Waals surface area contributed by atoms with Crippen LogP contribution in [0.5, 0.6) is 0 Å². The van der Waals surface area contributed by atoms with E-state index in [1.54, 1.807) is 0 Å². The van der Waals surface area contributed by atoms with Crippen LogP contribution in [-0.4, -0.2) is 25.3 Å². The third-order valence-electron chi connectivity index (χ3n) is 3.84. The predicted molar refractivity (Wildman–Crippen MR) is 73.7 cm³/mol. The van der Waals surface area contributed by atoms with Gasteiger partial charge < -0.3 is 10.1 Å². The van der Waals surface area contributed by atoms with Gasteiger partial charge in [-0.1, -0.05) is 6.07 Å². The second kappa shape index (κ2) is 5.98. The normalized spacial score (nSPS) is 26.9. The molecule has 96 valence electrons. The van der Waals surface area contributed by atoms with Crippen molar-refractivity contribution in [3.05, 3.63) is 22.4 Å². The molecule has 2 nitrogen and oxygen atoms in total. The van der Waals surface area contributed by atoms with Crippen molar-refractivity contribution in [3.8, 4) is 0 Å². The summed E-state index contributed by atoms with van der Waals surface area (Å²) in [5.74, 6) is 0. The Labute approximate surface area is 108 Å². The molecule has 0 aromatic carbocycles. The van der Waals surface area contributed by atoms with Crippen LogP contribution in [0.1, 0.15) is 37.5 Å². The zero-order chi connectivity index (χ0) is 12.1. The summed E-state index contributed by atoms with van der Waals surface area (Å²) in [5, 5.41) is 5.61. The first kappa shape index (κ1) is 13.1. The monoisotopic (exact) mass is 253 g/mol. The minimum Gasteiger partial charge on any atom is -0.374 e. The highest BCUT2D eigenvalue weighted by Gasteiger charge is 2.35. The van der Waals surface area contributed by atoms with Crippen LogP contribution in [0.3, 0.4) is 0 Å². The molecule has 0 radical (unpaired) electrons. The van der Waals surface area contributed by atoms with E-state index in [2.05, 4.69) is 36.8 Å². The summed E-state index contributed by atoms with van der Waals surface area (Å²) < 4.78 is 6.03. The van der Waals surface area contributed by atoms with Crippen molar-refractivity contribution in [1.82, 2.24) is 5.32 Å². The fourth-order valence-corrected chi connectivity index (χ4v) is 3.45. The van der Waals surface area contributed by atoms with E-state index in [1.807, 2.05) is 11.3 Å². The van der Waals surface area contributed by atoms with Crippen molar-refractivity contribution in [2.24, 2.45) is 0 Å². The number of ether oxygens (including phenoxy) is 1. The largest absolute Gasteiger partial charge is 0.374 e. The van der Waals surface area contributed by atoms with Crippen LogP contribution < -0.4 is 5.32 Å². The number of likely N-dealkylation sites (N-methyl/N-ethyl adjacent to an activating group) is 1. The first-order valence-corrected chi connectivity index (χ1v) is 7.46. The zero-order valence-corrected chi connectivity index (χ0v) is 11.7. The highest BCUT2D eigenvalue weighted by molar-refractivity contribution is 7.09. The Balaban J connectivity index is 1.91. The SMILES string of the molecule is CNC(CCc1cccs1)C1(C)CCCCO1. The average molecular weight is 253 g/mol. The van der Waals surface area contributed by atoms with Gasteiger partial charge in [0, 0.05) is 17.5 Å². The Hall–Kier alpha value is -0.380. The van der Waals surface area contributed by atoms with Crippen LogP contribution in [0.2, 0.25) is 0 Å². The highest BCUT2D eigenvalue weighted by atomic mass is 32.1. The van der Waals surface area contributed by atoms with Crippen LogP contribution in [0.25, 0.3) is 0 Å². The molecule has 1 fully saturated rings. The first-order chi connectivity index (χ1) is 8.24. The Morgan fingerprint density at radius 1 is 1.53 bits per heavy atom. The maximum absolute atomic E-state index is 6.03. The lowest BCUT2D eigenvalue weighted by molar-refractivity contribution is -0.0885. The van der Waals surface area contributed by atoms with E-state index in [0.717, 1.165) is 19.4 Å². The van der Waals surface area contributed by atoms with Gasteiger partial charge in [0.05, 0.1) is 5.60 Å². The van der Waals surface area contributed by atoms with Crippen LogP contribution in [0.15, 0.2) is 17.5 Å². The van der Waals surface area contributed by atoms with Gasteiger partial charge in [0.2, 0.25) is 0 Å². The van der Waals surface area contributed by atoms with Gasteiger partial charge in [-0.3, -0.25) is 0 Å². The topological polar surface area (TPSA) is 21.3 Å². The number of rotatable bonds is 5. The lowest BCUT2D eigenvalue weighted by atomic mass is 9.85. The highest BCUT2D eigenvalue weighted by Crippen LogP contribution is 2.30. The molecule has 2 heterocycles. The van der Waals surface area contributed by atoms with Gasteiger partial charge >= 0.3 is 0 Å². The van der Waals surface area contributed by atoms with Crippen LogP contribution in [0.4, 0.5) is 0 Å². The van der Waals surface area contributed by atoms with Crippen LogP contribution in [0, 0.1) is 0 Å². The third kappa shape index (κ3) is 3.30. The summed E-state index contributed by atoms with van der Waals surface area (Å²) in [5.41, 5.74) is 0.0320. The lowest BCUT2D eigenvalue weighted by Crippen LogP contribution is -2.51. The van der Waals surface area contributed by atoms with E-state index in [1.165, 1.54) is 24.1 Å². The van der Waals surface area contributed by atoms with E-state index in [0.29, 0.717) is 6.04 Å². The van der Waals surface area contributed by atoms with Gasteiger partial charge in [-0.05, 0) is 57.5 Å². The molecule has 0 aliphatic carbocycles. The van der Waals surface area contributed by atoms with Gasteiger partial charge in [0.15, 0.2) is 0 Å². The second-order valence-electron chi connectivity index (χ2n) is 5.08. The van der Waals surface area contributed by atoms with Gasteiger partial charge in [-0.15, -0.1) is 11.3 Å². The zero-order valence-electron chi connectivity index (χ0n) is 10.9. The van der Waals surface area contributed by atoms with Crippen molar-refractivity contribution in [3.63, 3.8) is 0 Å². The molecule has 1 aromatic rings. The van der Waals surface area contributed by atoms with Crippen molar-refractivity contribution >= 4 is 11.3 Å². The molecule has 2 unspecified atom stereocenters. The molecule has 1 saturated heterocycles. The summed E-state index contributed by atoms with van der Waals surface area (Å²) in [6.07, 6.45) is 6.02. The molecule has 0 amide bonds. The van der Waals surface area contributed by atoms with Crippen molar-refractivity contribution in [2.75, 3.05) is 13.7 Å². The van der Waals surface area contributed by atoms with Crippen LogP contribution in [-0.2, 0) is 11.2 Å². The maximum Gasteiger partial charge on any atom is 0.0806 e. The molecule has 17 heavy (non-hydrogen) atoms. The molecule has 0 saturated carbocycles. The quantitative estimate of drug-likeness (QED) is 0.870. The standard InChI is InChI=1S/C14H23NOS/c1-14(9-3-4-10-16-14)13(15-2)8-7-12-6-5-11-17-12/h5-6,11,13,15H,3-4,7-10H2,1-2H3. The Morgan fingerprint density at radius 3 is 3.00 bits per heavy atom. The summed E-state index contributed by atoms with van der Waals surface area (Å²) in [6.45, 7) is 3.19. The second-order valence-corrected chi connectivity index (χ2v) is 6.11. The van der Waals surface area contributed by atoms with E-state index >= 15 is 0 Å². The molecule has 0 bridgehead atoms. The van der Waals surface area contributed by atoms with E-state index in [-0.39, 0.29) is 5.60 Å². The van der Waals surface area contributed by atoms with Crippen molar-refractivity contribution in [2.45, 2.75) is 50.7 Å². The van der Waals surface area contributed by atoms with E-state index in [4.69, 9.17) is 4.74 Å². The Bertz CT molecular complexity index is 317. The van der Waals surface area contributed by atoms with Gasteiger partial charge in [0.1, 0.15) is 0 Å². The Kier molecular flexibility index (Phi) is 4.60. The minimum atomic E-state index is 0.0320.